The second-order valence-corrected chi connectivity index (χ2v) is 8.21. The molecular weight excluding hydrogens is 346 g/mol. The summed E-state index contributed by atoms with van der Waals surface area (Å²) in [5.41, 5.74) is -0.563. The third kappa shape index (κ3) is 3.60. The second kappa shape index (κ2) is 7.38. The molecule has 0 aromatic carbocycles. The van der Waals surface area contributed by atoms with Gasteiger partial charge in [-0.2, -0.15) is 4.98 Å². The summed E-state index contributed by atoms with van der Waals surface area (Å²) in [6.45, 7) is 12.5. The van der Waals surface area contributed by atoms with E-state index in [1.165, 1.54) is 0 Å². The SMILES string of the molecule is C=CCOCCOc1cccc(N2C[C@]3(C(C)(C)C)C[C@@H]2CN3C(=O)O)n1. The molecule has 0 spiro atoms. The number of piperazine rings is 1. The van der Waals surface area contributed by atoms with Crippen LogP contribution in [0, 0.1) is 5.41 Å². The van der Waals surface area contributed by atoms with E-state index < -0.39 is 11.6 Å². The van der Waals surface area contributed by atoms with Crippen molar-refractivity contribution in [2.24, 2.45) is 5.41 Å². The zero-order chi connectivity index (χ0) is 19.7. The maximum atomic E-state index is 11.8. The molecule has 1 amide bonds. The van der Waals surface area contributed by atoms with Crippen LogP contribution in [0.4, 0.5) is 10.6 Å². The van der Waals surface area contributed by atoms with E-state index in [0.29, 0.717) is 38.8 Å². The first-order valence-electron chi connectivity index (χ1n) is 9.34. The Kier molecular flexibility index (Phi) is 5.33. The minimum Gasteiger partial charge on any atom is -0.475 e. The van der Waals surface area contributed by atoms with E-state index in [4.69, 9.17) is 9.47 Å². The minimum atomic E-state index is -0.836. The summed E-state index contributed by atoms with van der Waals surface area (Å²) in [6, 6.07) is 5.85. The highest BCUT2D eigenvalue weighted by Gasteiger charge is 2.62. The van der Waals surface area contributed by atoms with E-state index in [-0.39, 0.29) is 11.5 Å². The first-order valence-corrected chi connectivity index (χ1v) is 9.34. The van der Waals surface area contributed by atoms with Crippen molar-refractivity contribution in [2.45, 2.75) is 38.8 Å². The average molecular weight is 375 g/mol. The minimum absolute atomic E-state index is 0.138. The Bertz CT molecular complexity index is 703. The zero-order valence-corrected chi connectivity index (χ0v) is 16.4. The number of carboxylic acid groups (broad SMARTS) is 1. The van der Waals surface area contributed by atoms with Crippen LogP contribution in [0.25, 0.3) is 0 Å². The fourth-order valence-corrected chi connectivity index (χ4v) is 4.21. The molecule has 0 aliphatic carbocycles. The summed E-state index contributed by atoms with van der Waals surface area (Å²) in [5.74, 6) is 1.39. The predicted octanol–water partition coefficient (Wildman–Crippen LogP) is 3.02. The van der Waals surface area contributed by atoms with Gasteiger partial charge in [-0.25, -0.2) is 4.79 Å². The van der Waals surface area contributed by atoms with Crippen LogP contribution in [0.15, 0.2) is 30.9 Å². The number of aromatic nitrogens is 1. The Morgan fingerprint density at radius 3 is 2.89 bits per heavy atom. The van der Waals surface area contributed by atoms with Gasteiger partial charge in [0.15, 0.2) is 0 Å². The zero-order valence-electron chi connectivity index (χ0n) is 16.4. The number of ether oxygens (including phenoxy) is 2. The Labute approximate surface area is 160 Å². The quantitative estimate of drug-likeness (QED) is 0.583. The molecule has 3 rings (SSSR count). The van der Waals surface area contributed by atoms with Gasteiger partial charge < -0.3 is 19.5 Å². The molecule has 0 radical (unpaired) electrons. The molecule has 1 aromatic heterocycles. The highest BCUT2D eigenvalue weighted by molar-refractivity contribution is 5.69. The van der Waals surface area contributed by atoms with Crippen LogP contribution in [0.2, 0.25) is 0 Å². The van der Waals surface area contributed by atoms with E-state index in [1.807, 2.05) is 18.2 Å². The average Bonchev–Trinajstić information content (AvgIpc) is 3.19. The van der Waals surface area contributed by atoms with Gasteiger partial charge in [0, 0.05) is 19.2 Å². The van der Waals surface area contributed by atoms with Crippen LogP contribution in [0.3, 0.4) is 0 Å². The number of likely N-dealkylation sites (tertiary alicyclic amines) is 1. The lowest BCUT2D eigenvalue weighted by molar-refractivity contribution is 0.0362. The fourth-order valence-electron chi connectivity index (χ4n) is 4.21. The Morgan fingerprint density at radius 1 is 1.44 bits per heavy atom. The van der Waals surface area contributed by atoms with Crippen LogP contribution >= 0.6 is 0 Å². The number of hydrogen-bond donors (Lipinski definition) is 1. The van der Waals surface area contributed by atoms with Gasteiger partial charge in [0.05, 0.1) is 24.8 Å². The predicted molar refractivity (Wildman–Crippen MR) is 103 cm³/mol. The van der Waals surface area contributed by atoms with Gasteiger partial charge in [0.2, 0.25) is 5.88 Å². The first kappa shape index (κ1) is 19.5. The lowest BCUT2D eigenvalue weighted by Crippen LogP contribution is -2.61. The lowest BCUT2D eigenvalue weighted by atomic mass is 9.73. The molecule has 3 heterocycles. The monoisotopic (exact) mass is 375 g/mol. The van der Waals surface area contributed by atoms with Gasteiger partial charge in [-0.3, -0.25) is 4.90 Å². The van der Waals surface area contributed by atoms with E-state index in [1.54, 1.807) is 11.0 Å². The van der Waals surface area contributed by atoms with Crippen molar-refractivity contribution < 1.29 is 19.4 Å². The molecule has 1 N–H and O–H groups in total. The molecule has 2 fully saturated rings. The molecular formula is C20H29N3O4. The van der Waals surface area contributed by atoms with Crippen molar-refractivity contribution in [3.63, 3.8) is 0 Å². The molecule has 27 heavy (non-hydrogen) atoms. The summed E-state index contributed by atoms with van der Waals surface area (Å²) in [4.78, 5) is 20.3. The smallest absolute Gasteiger partial charge is 0.407 e. The summed E-state index contributed by atoms with van der Waals surface area (Å²) in [5, 5.41) is 9.68. The van der Waals surface area contributed by atoms with Crippen molar-refractivity contribution in [3.05, 3.63) is 30.9 Å². The largest absolute Gasteiger partial charge is 0.475 e. The van der Waals surface area contributed by atoms with Gasteiger partial charge in [-0.1, -0.05) is 32.9 Å². The molecule has 2 atom stereocenters. The second-order valence-electron chi connectivity index (χ2n) is 8.21. The highest BCUT2D eigenvalue weighted by atomic mass is 16.5. The molecule has 2 saturated heterocycles. The Balaban J connectivity index is 1.72. The number of nitrogens with zero attached hydrogens (tertiary/aromatic N) is 3. The van der Waals surface area contributed by atoms with E-state index in [2.05, 4.69) is 37.2 Å². The number of anilines is 1. The summed E-state index contributed by atoms with van der Waals surface area (Å²) >= 11 is 0. The summed E-state index contributed by atoms with van der Waals surface area (Å²) in [7, 11) is 0. The van der Waals surface area contributed by atoms with E-state index in [9.17, 15) is 9.90 Å². The van der Waals surface area contributed by atoms with Crippen molar-refractivity contribution >= 4 is 11.9 Å². The van der Waals surface area contributed by atoms with Crippen LogP contribution < -0.4 is 9.64 Å². The van der Waals surface area contributed by atoms with Crippen LogP contribution in [-0.2, 0) is 4.74 Å². The van der Waals surface area contributed by atoms with Crippen LogP contribution in [0.1, 0.15) is 27.2 Å². The summed E-state index contributed by atoms with van der Waals surface area (Å²) < 4.78 is 11.0. The molecule has 0 unspecified atom stereocenters. The summed E-state index contributed by atoms with van der Waals surface area (Å²) in [6.07, 6.45) is 1.69. The molecule has 1 aromatic rings. The van der Waals surface area contributed by atoms with Crippen LogP contribution in [-0.4, -0.2) is 65.6 Å². The number of pyridine rings is 1. The van der Waals surface area contributed by atoms with Crippen molar-refractivity contribution in [1.29, 1.82) is 0 Å². The maximum absolute atomic E-state index is 11.8. The Hall–Kier alpha value is -2.28. The van der Waals surface area contributed by atoms with Crippen molar-refractivity contribution in [1.82, 2.24) is 9.88 Å². The third-order valence-corrected chi connectivity index (χ3v) is 5.70. The Morgan fingerprint density at radius 2 is 2.22 bits per heavy atom. The van der Waals surface area contributed by atoms with E-state index in [0.717, 1.165) is 12.2 Å². The normalized spacial score (nSPS) is 24.3. The van der Waals surface area contributed by atoms with Gasteiger partial charge in [0.25, 0.3) is 0 Å². The molecule has 2 aliphatic rings. The molecule has 148 valence electrons. The van der Waals surface area contributed by atoms with Gasteiger partial charge in [-0.15, -0.1) is 6.58 Å². The van der Waals surface area contributed by atoms with Crippen molar-refractivity contribution in [3.8, 4) is 5.88 Å². The molecule has 7 nitrogen and oxygen atoms in total. The molecule has 7 heteroatoms. The van der Waals surface area contributed by atoms with E-state index >= 15 is 0 Å². The molecule has 2 bridgehead atoms. The first-order chi connectivity index (χ1) is 12.8. The molecule has 0 saturated carbocycles. The number of hydrogen-bond acceptors (Lipinski definition) is 5. The van der Waals surface area contributed by atoms with Gasteiger partial charge in [-0.05, 0) is 17.9 Å². The van der Waals surface area contributed by atoms with Gasteiger partial charge >= 0.3 is 6.09 Å². The van der Waals surface area contributed by atoms with Gasteiger partial charge in [0.1, 0.15) is 12.4 Å². The third-order valence-electron chi connectivity index (χ3n) is 5.70. The molecule has 2 aliphatic heterocycles. The number of amides is 1. The van der Waals surface area contributed by atoms with Crippen LogP contribution in [0.5, 0.6) is 5.88 Å². The van der Waals surface area contributed by atoms with Crippen molar-refractivity contribution in [2.75, 3.05) is 37.8 Å². The highest BCUT2D eigenvalue weighted by Crippen LogP contribution is 2.51. The fraction of sp³-hybridized carbons (Fsp3) is 0.600. The lowest BCUT2D eigenvalue weighted by Gasteiger charge is -2.48. The number of carbonyl (C=O) groups is 1. The topological polar surface area (TPSA) is 75.1 Å². The number of rotatable bonds is 7. The number of fused-ring (bicyclic) bond motifs is 2. The standard InChI is InChI=1S/C20H29N3O4/c1-5-9-26-10-11-27-17-8-6-7-16(21-17)22-14-20(19(2,3)4)12-15(22)13-23(20)18(24)25/h5-8,15H,1,9-14H2,2-4H3,(H,24,25)/t15-,20+/m1/s1. The maximum Gasteiger partial charge on any atom is 0.407 e.